The Morgan fingerprint density at radius 1 is 1.29 bits per heavy atom. The van der Waals surface area contributed by atoms with E-state index in [2.05, 4.69) is 9.97 Å². The molecule has 0 aliphatic rings. The number of aromatic nitrogens is 2. The number of H-pyrrole nitrogens is 2. The number of aromatic amines is 2. The van der Waals surface area contributed by atoms with Crippen LogP contribution in [0.4, 0.5) is 5.69 Å². The molecular formula is C8H7N3O3. The standard InChI is InChI=1S/C8H7N3O3/c1-4-2-5-6(10-8(12)9-5)3-7(4)11(13)14/h2-3H,1H3,(H2,9,10,12). The van der Waals surface area contributed by atoms with E-state index >= 15 is 0 Å². The highest BCUT2D eigenvalue weighted by Gasteiger charge is 2.12. The van der Waals surface area contributed by atoms with Crippen molar-refractivity contribution in [3.63, 3.8) is 0 Å². The van der Waals surface area contributed by atoms with Gasteiger partial charge in [0, 0.05) is 11.6 Å². The molecule has 72 valence electrons. The Kier molecular flexibility index (Phi) is 1.63. The first-order chi connectivity index (χ1) is 6.58. The monoisotopic (exact) mass is 193 g/mol. The molecule has 6 nitrogen and oxygen atoms in total. The van der Waals surface area contributed by atoms with Gasteiger partial charge in [-0.3, -0.25) is 10.1 Å². The third-order valence-corrected chi connectivity index (χ3v) is 2.03. The van der Waals surface area contributed by atoms with Crippen LogP contribution in [0.15, 0.2) is 16.9 Å². The van der Waals surface area contributed by atoms with E-state index in [1.54, 1.807) is 13.0 Å². The summed E-state index contributed by atoms with van der Waals surface area (Å²) >= 11 is 0. The van der Waals surface area contributed by atoms with Crippen molar-refractivity contribution in [2.75, 3.05) is 0 Å². The first-order valence-corrected chi connectivity index (χ1v) is 3.95. The van der Waals surface area contributed by atoms with Crippen molar-refractivity contribution in [2.45, 2.75) is 6.92 Å². The molecule has 0 saturated heterocycles. The first kappa shape index (κ1) is 8.49. The number of nitrogens with zero attached hydrogens (tertiary/aromatic N) is 1. The minimum Gasteiger partial charge on any atom is -0.306 e. The molecule has 0 atom stereocenters. The van der Waals surface area contributed by atoms with Gasteiger partial charge >= 0.3 is 5.69 Å². The summed E-state index contributed by atoms with van der Waals surface area (Å²) in [6, 6.07) is 2.92. The van der Waals surface area contributed by atoms with Crippen LogP contribution in [0, 0.1) is 17.0 Å². The van der Waals surface area contributed by atoms with Gasteiger partial charge in [0.05, 0.1) is 16.0 Å². The van der Waals surface area contributed by atoms with Crippen LogP contribution < -0.4 is 5.69 Å². The number of nitrogens with one attached hydrogen (secondary N) is 2. The Morgan fingerprint density at radius 2 is 1.86 bits per heavy atom. The van der Waals surface area contributed by atoms with E-state index < -0.39 is 4.92 Å². The van der Waals surface area contributed by atoms with Crippen molar-refractivity contribution in [1.29, 1.82) is 0 Å². The molecule has 14 heavy (non-hydrogen) atoms. The molecule has 2 aromatic rings. The van der Waals surface area contributed by atoms with Gasteiger partial charge in [-0.05, 0) is 13.0 Å². The van der Waals surface area contributed by atoms with Crippen molar-refractivity contribution in [3.8, 4) is 0 Å². The number of rotatable bonds is 1. The van der Waals surface area contributed by atoms with Gasteiger partial charge in [-0.1, -0.05) is 0 Å². The maximum atomic E-state index is 10.9. The quantitative estimate of drug-likeness (QED) is 0.524. The maximum Gasteiger partial charge on any atom is 0.323 e. The van der Waals surface area contributed by atoms with Gasteiger partial charge in [-0.25, -0.2) is 4.79 Å². The van der Waals surface area contributed by atoms with Crippen molar-refractivity contribution in [2.24, 2.45) is 0 Å². The molecule has 0 bridgehead atoms. The lowest BCUT2D eigenvalue weighted by molar-refractivity contribution is -0.385. The minimum absolute atomic E-state index is 0.00718. The number of benzene rings is 1. The smallest absolute Gasteiger partial charge is 0.306 e. The second-order valence-corrected chi connectivity index (χ2v) is 3.02. The average molecular weight is 193 g/mol. The van der Waals surface area contributed by atoms with Gasteiger partial charge in [0.15, 0.2) is 0 Å². The molecule has 0 saturated carbocycles. The molecule has 0 unspecified atom stereocenters. The van der Waals surface area contributed by atoms with Crippen LogP contribution >= 0.6 is 0 Å². The zero-order valence-electron chi connectivity index (χ0n) is 7.33. The van der Waals surface area contributed by atoms with Crippen LogP contribution in [0.3, 0.4) is 0 Å². The third-order valence-electron chi connectivity index (χ3n) is 2.03. The second-order valence-electron chi connectivity index (χ2n) is 3.02. The molecule has 0 radical (unpaired) electrons. The summed E-state index contributed by atoms with van der Waals surface area (Å²) in [4.78, 5) is 26.0. The van der Waals surface area contributed by atoms with Gasteiger partial charge in [0.2, 0.25) is 0 Å². The molecule has 0 aliphatic heterocycles. The van der Waals surface area contributed by atoms with Gasteiger partial charge < -0.3 is 9.97 Å². The third kappa shape index (κ3) is 1.17. The average Bonchev–Trinajstić information content (AvgIpc) is 2.42. The Labute approximate surface area is 77.7 Å². The van der Waals surface area contributed by atoms with E-state index in [0.29, 0.717) is 16.6 Å². The summed E-state index contributed by atoms with van der Waals surface area (Å²) in [5.74, 6) is 0. The maximum absolute atomic E-state index is 10.9. The second kappa shape index (κ2) is 2.69. The Bertz CT molecular complexity index is 567. The van der Waals surface area contributed by atoms with Crippen LogP contribution in [0.2, 0.25) is 0 Å². The largest absolute Gasteiger partial charge is 0.323 e. The van der Waals surface area contributed by atoms with Crippen molar-refractivity contribution >= 4 is 16.7 Å². The fourth-order valence-electron chi connectivity index (χ4n) is 1.38. The van der Waals surface area contributed by atoms with E-state index in [0.717, 1.165) is 0 Å². The zero-order chi connectivity index (χ0) is 10.3. The fraction of sp³-hybridized carbons (Fsp3) is 0.125. The summed E-state index contributed by atoms with van der Waals surface area (Å²) in [5.41, 5.74) is 1.20. The van der Waals surface area contributed by atoms with Crippen LogP contribution in [-0.2, 0) is 0 Å². The highest BCUT2D eigenvalue weighted by Crippen LogP contribution is 2.21. The molecule has 0 fully saturated rings. The molecule has 0 amide bonds. The van der Waals surface area contributed by atoms with E-state index in [1.807, 2.05) is 0 Å². The minimum atomic E-state index is -0.472. The summed E-state index contributed by atoms with van der Waals surface area (Å²) in [6.45, 7) is 1.63. The lowest BCUT2D eigenvalue weighted by Crippen LogP contribution is -1.99. The van der Waals surface area contributed by atoms with Crippen molar-refractivity contribution in [3.05, 3.63) is 38.3 Å². The highest BCUT2D eigenvalue weighted by molar-refractivity contribution is 5.78. The first-order valence-electron chi connectivity index (χ1n) is 3.95. The molecule has 0 spiro atoms. The topological polar surface area (TPSA) is 91.8 Å². The molecule has 1 aromatic carbocycles. The summed E-state index contributed by atoms with van der Waals surface area (Å²) in [6.07, 6.45) is 0. The fourth-order valence-corrected chi connectivity index (χ4v) is 1.38. The van der Waals surface area contributed by atoms with Gasteiger partial charge in [0.25, 0.3) is 5.69 Å². The molecule has 1 heterocycles. The Balaban J connectivity index is 2.82. The Hall–Kier alpha value is -2.11. The number of nitro groups is 1. The predicted octanol–water partition coefficient (Wildman–Crippen LogP) is 1.07. The number of fused-ring (bicyclic) bond motifs is 1. The van der Waals surface area contributed by atoms with E-state index in [-0.39, 0.29) is 11.4 Å². The summed E-state index contributed by atoms with van der Waals surface area (Å²) < 4.78 is 0. The van der Waals surface area contributed by atoms with Crippen LogP contribution in [0.1, 0.15) is 5.56 Å². The molecule has 1 aromatic heterocycles. The van der Waals surface area contributed by atoms with Gasteiger partial charge in [-0.2, -0.15) is 0 Å². The molecule has 0 aliphatic carbocycles. The van der Waals surface area contributed by atoms with Crippen LogP contribution in [0.5, 0.6) is 0 Å². The number of aryl methyl sites for hydroxylation is 1. The Morgan fingerprint density at radius 3 is 2.43 bits per heavy atom. The van der Waals surface area contributed by atoms with Crippen molar-refractivity contribution in [1.82, 2.24) is 9.97 Å². The molecule has 2 N–H and O–H groups in total. The SMILES string of the molecule is Cc1cc2[nH]c(=O)[nH]c2cc1[N+](=O)[O-]. The highest BCUT2D eigenvalue weighted by atomic mass is 16.6. The van der Waals surface area contributed by atoms with Crippen LogP contribution in [-0.4, -0.2) is 14.9 Å². The molecular weight excluding hydrogens is 186 g/mol. The van der Waals surface area contributed by atoms with Crippen LogP contribution in [0.25, 0.3) is 11.0 Å². The number of nitro benzene ring substituents is 1. The summed E-state index contributed by atoms with van der Waals surface area (Å²) in [5, 5.41) is 10.6. The normalized spacial score (nSPS) is 10.6. The zero-order valence-corrected chi connectivity index (χ0v) is 7.33. The molecule has 2 rings (SSSR count). The predicted molar refractivity (Wildman–Crippen MR) is 50.3 cm³/mol. The van der Waals surface area contributed by atoms with Gasteiger partial charge in [0.1, 0.15) is 0 Å². The molecule has 6 heteroatoms. The van der Waals surface area contributed by atoms with E-state index in [9.17, 15) is 14.9 Å². The number of imidazole rings is 1. The number of hydrogen-bond acceptors (Lipinski definition) is 3. The van der Waals surface area contributed by atoms with E-state index in [1.165, 1.54) is 6.07 Å². The van der Waals surface area contributed by atoms with E-state index in [4.69, 9.17) is 0 Å². The number of hydrogen-bond donors (Lipinski definition) is 2. The lowest BCUT2D eigenvalue weighted by Gasteiger charge is -1.95. The van der Waals surface area contributed by atoms with Crippen molar-refractivity contribution < 1.29 is 4.92 Å². The summed E-state index contributed by atoms with van der Waals surface area (Å²) in [7, 11) is 0. The lowest BCUT2D eigenvalue weighted by atomic mass is 10.2. The van der Waals surface area contributed by atoms with Gasteiger partial charge in [-0.15, -0.1) is 0 Å².